The maximum Gasteiger partial charge on any atom is 0.251 e. The van der Waals surface area contributed by atoms with E-state index in [1.807, 2.05) is 24.3 Å². The van der Waals surface area contributed by atoms with Gasteiger partial charge < -0.3 is 5.32 Å². The van der Waals surface area contributed by atoms with E-state index in [9.17, 15) is 13.2 Å². The molecule has 0 bridgehead atoms. The van der Waals surface area contributed by atoms with Crippen LogP contribution >= 0.6 is 15.9 Å². The number of hydrogen-bond acceptors (Lipinski definition) is 2. The number of nitrogens with zero attached hydrogens (tertiary/aromatic N) is 1. The van der Waals surface area contributed by atoms with Crippen LogP contribution in [0.1, 0.15) is 18.5 Å². The van der Waals surface area contributed by atoms with Gasteiger partial charge in [0.15, 0.2) is 17.5 Å². The second kappa shape index (κ2) is 5.61. The number of halogens is 4. The molecule has 0 saturated carbocycles. The molecule has 0 spiro atoms. The molecule has 0 aliphatic carbocycles. The third-order valence-corrected chi connectivity index (χ3v) is 3.08. The average molecular weight is 331 g/mol. The maximum atomic E-state index is 13.4. The molecule has 2 rings (SSSR count). The summed E-state index contributed by atoms with van der Waals surface area (Å²) in [6.07, 6.45) is 0. The molecule has 19 heavy (non-hydrogen) atoms. The first-order valence-electron chi connectivity index (χ1n) is 5.51. The van der Waals surface area contributed by atoms with Crippen LogP contribution in [0, 0.1) is 17.6 Å². The first kappa shape index (κ1) is 13.9. The highest BCUT2D eigenvalue weighted by atomic mass is 79.9. The minimum Gasteiger partial charge on any atom is -0.361 e. The van der Waals surface area contributed by atoms with Gasteiger partial charge in [-0.2, -0.15) is 9.37 Å². The van der Waals surface area contributed by atoms with Crippen molar-refractivity contribution in [3.8, 4) is 0 Å². The number of hydrogen-bond donors (Lipinski definition) is 1. The molecule has 100 valence electrons. The Bertz CT molecular complexity index is 604. The third kappa shape index (κ3) is 3.26. The van der Waals surface area contributed by atoms with Crippen molar-refractivity contribution in [1.82, 2.24) is 4.98 Å². The monoisotopic (exact) mass is 330 g/mol. The van der Waals surface area contributed by atoms with Gasteiger partial charge in [-0.1, -0.05) is 28.1 Å². The van der Waals surface area contributed by atoms with Crippen LogP contribution in [-0.2, 0) is 0 Å². The molecule has 1 heterocycles. The number of nitrogens with one attached hydrogen (secondary N) is 1. The Morgan fingerprint density at radius 2 is 1.89 bits per heavy atom. The predicted octanol–water partition coefficient (Wildman–Crippen LogP) is 4.43. The van der Waals surface area contributed by atoms with Gasteiger partial charge in [0.05, 0.1) is 6.04 Å². The summed E-state index contributed by atoms with van der Waals surface area (Å²) < 4.78 is 40.1. The molecule has 1 aromatic carbocycles. The van der Waals surface area contributed by atoms with Gasteiger partial charge in [0, 0.05) is 10.5 Å². The van der Waals surface area contributed by atoms with Crippen LogP contribution in [-0.4, -0.2) is 4.98 Å². The zero-order valence-electron chi connectivity index (χ0n) is 9.92. The molecule has 0 saturated heterocycles. The van der Waals surface area contributed by atoms with Crippen molar-refractivity contribution in [2.24, 2.45) is 0 Å². The van der Waals surface area contributed by atoms with Crippen molar-refractivity contribution in [3.63, 3.8) is 0 Å². The zero-order chi connectivity index (χ0) is 14.0. The molecule has 0 aliphatic heterocycles. The molecule has 1 atom stereocenters. The molecular weight excluding hydrogens is 321 g/mol. The molecule has 0 radical (unpaired) electrons. The lowest BCUT2D eigenvalue weighted by atomic mass is 10.1. The number of benzene rings is 1. The fourth-order valence-corrected chi connectivity index (χ4v) is 2.03. The maximum absolute atomic E-state index is 13.4. The third-order valence-electron chi connectivity index (χ3n) is 2.59. The molecule has 1 N–H and O–H groups in total. The van der Waals surface area contributed by atoms with Crippen molar-refractivity contribution in [2.45, 2.75) is 13.0 Å². The molecule has 1 aromatic heterocycles. The second-order valence-corrected chi connectivity index (χ2v) is 4.93. The Morgan fingerprint density at radius 3 is 2.58 bits per heavy atom. The SMILES string of the molecule is CC(Nc1nc(F)c(F)cc1F)c1cccc(Br)c1. The number of rotatable bonds is 3. The molecule has 0 amide bonds. The van der Waals surface area contributed by atoms with E-state index in [2.05, 4.69) is 26.2 Å². The van der Waals surface area contributed by atoms with Crippen molar-refractivity contribution in [3.05, 3.63) is 58.0 Å². The van der Waals surface area contributed by atoms with Crippen molar-refractivity contribution in [2.75, 3.05) is 5.32 Å². The summed E-state index contributed by atoms with van der Waals surface area (Å²) in [5, 5.41) is 2.71. The second-order valence-electron chi connectivity index (χ2n) is 4.01. The van der Waals surface area contributed by atoms with Crippen LogP contribution in [0.5, 0.6) is 0 Å². The van der Waals surface area contributed by atoms with Crippen molar-refractivity contribution in [1.29, 1.82) is 0 Å². The van der Waals surface area contributed by atoms with E-state index >= 15 is 0 Å². The Kier molecular flexibility index (Phi) is 4.09. The van der Waals surface area contributed by atoms with E-state index in [0.29, 0.717) is 6.07 Å². The summed E-state index contributed by atoms with van der Waals surface area (Å²) >= 11 is 3.32. The van der Waals surface area contributed by atoms with Crippen LogP contribution in [0.2, 0.25) is 0 Å². The highest BCUT2D eigenvalue weighted by Crippen LogP contribution is 2.23. The Morgan fingerprint density at radius 1 is 1.16 bits per heavy atom. The van der Waals surface area contributed by atoms with E-state index in [-0.39, 0.29) is 11.9 Å². The van der Waals surface area contributed by atoms with Gasteiger partial charge in [-0.05, 0) is 24.6 Å². The topological polar surface area (TPSA) is 24.9 Å². The summed E-state index contributed by atoms with van der Waals surface area (Å²) in [6, 6.07) is 7.53. The zero-order valence-corrected chi connectivity index (χ0v) is 11.5. The largest absolute Gasteiger partial charge is 0.361 e. The minimum absolute atomic E-state index is 0.302. The van der Waals surface area contributed by atoms with Gasteiger partial charge in [-0.25, -0.2) is 8.78 Å². The Labute approximate surface area is 116 Å². The minimum atomic E-state index is -1.33. The summed E-state index contributed by atoms with van der Waals surface area (Å²) in [5.41, 5.74) is 0.861. The summed E-state index contributed by atoms with van der Waals surface area (Å²) in [7, 11) is 0. The molecule has 6 heteroatoms. The number of pyridine rings is 1. The average Bonchev–Trinajstić information content (AvgIpc) is 2.36. The lowest BCUT2D eigenvalue weighted by molar-refractivity contribution is 0.465. The van der Waals surface area contributed by atoms with Crippen LogP contribution in [0.4, 0.5) is 19.0 Å². The Hall–Kier alpha value is -1.56. The molecular formula is C13H10BrF3N2. The quantitative estimate of drug-likeness (QED) is 0.842. The summed E-state index contributed by atoms with van der Waals surface area (Å²) in [6.45, 7) is 1.77. The van der Waals surface area contributed by atoms with E-state index in [1.165, 1.54) is 0 Å². The summed E-state index contributed by atoms with van der Waals surface area (Å²) in [4.78, 5) is 3.22. The molecule has 2 nitrogen and oxygen atoms in total. The van der Waals surface area contributed by atoms with Crippen LogP contribution < -0.4 is 5.32 Å². The first-order chi connectivity index (χ1) is 8.97. The highest BCUT2D eigenvalue weighted by molar-refractivity contribution is 9.10. The van der Waals surface area contributed by atoms with Gasteiger partial charge in [-0.3, -0.25) is 0 Å². The number of aromatic nitrogens is 1. The van der Waals surface area contributed by atoms with Crippen molar-refractivity contribution >= 4 is 21.7 Å². The lowest BCUT2D eigenvalue weighted by Gasteiger charge is -2.15. The summed E-state index contributed by atoms with van der Waals surface area (Å²) in [5.74, 6) is -3.88. The first-order valence-corrected chi connectivity index (χ1v) is 6.30. The Balaban J connectivity index is 2.24. The number of anilines is 1. The van der Waals surface area contributed by atoms with Crippen LogP contribution in [0.25, 0.3) is 0 Å². The van der Waals surface area contributed by atoms with Gasteiger partial charge in [-0.15, -0.1) is 0 Å². The smallest absolute Gasteiger partial charge is 0.251 e. The highest BCUT2D eigenvalue weighted by Gasteiger charge is 2.14. The van der Waals surface area contributed by atoms with Crippen LogP contribution in [0.3, 0.4) is 0 Å². The molecule has 0 fully saturated rings. The van der Waals surface area contributed by atoms with Gasteiger partial charge in [0.2, 0.25) is 0 Å². The van der Waals surface area contributed by atoms with Crippen LogP contribution in [0.15, 0.2) is 34.8 Å². The van der Waals surface area contributed by atoms with Gasteiger partial charge >= 0.3 is 0 Å². The van der Waals surface area contributed by atoms with E-state index in [1.54, 1.807) is 6.92 Å². The standard InChI is InChI=1S/C13H10BrF3N2/c1-7(8-3-2-4-9(14)5-8)18-13-11(16)6-10(15)12(17)19-13/h2-7H,1H3,(H,18,19). The lowest BCUT2D eigenvalue weighted by Crippen LogP contribution is -2.11. The van der Waals surface area contributed by atoms with E-state index < -0.39 is 17.6 Å². The molecule has 1 unspecified atom stereocenters. The molecule has 2 aromatic rings. The molecule has 0 aliphatic rings. The van der Waals surface area contributed by atoms with Crippen molar-refractivity contribution < 1.29 is 13.2 Å². The van der Waals surface area contributed by atoms with Gasteiger partial charge in [0.25, 0.3) is 5.95 Å². The fraction of sp³-hybridized carbons (Fsp3) is 0.154. The van der Waals surface area contributed by atoms with E-state index in [0.717, 1.165) is 10.0 Å². The predicted molar refractivity (Wildman–Crippen MR) is 70.3 cm³/mol. The fourth-order valence-electron chi connectivity index (χ4n) is 1.61. The van der Waals surface area contributed by atoms with Gasteiger partial charge in [0.1, 0.15) is 0 Å². The normalized spacial score (nSPS) is 12.3. The van der Waals surface area contributed by atoms with E-state index in [4.69, 9.17) is 0 Å².